The van der Waals surface area contributed by atoms with Gasteiger partial charge in [0.1, 0.15) is 11.4 Å². The Kier molecular flexibility index (Phi) is 3.33. The molecule has 1 unspecified atom stereocenters. The highest BCUT2D eigenvalue weighted by molar-refractivity contribution is 7.99. The molecule has 1 fully saturated rings. The molecule has 0 bridgehead atoms. The van der Waals surface area contributed by atoms with E-state index < -0.39 is 5.97 Å². The number of anilines is 1. The standard InChI is InChI=1S/C11H14N2O2S/c1-8-7-16-6-5-13(8)10-9(11(14)15)3-2-4-12-10/h2-4,8H,5-7H2,1H3,(H,14,15). The van der Waals surface area contributed by atoms with Crippen LogP contribution in [0.2, 0.25) is 0 Å². The van der Waals surface area contributed by atoms with Gasteiger partial charge in [-0.2, -0.15) is 11.8 Å². The lowest BCUT2D eigenvalue weighted by Gasteiger charge is -2.34. The quantitative estimate of drug-likeness (QED) is 0.850. The zero-order valence-corrected chi connectivity index (χ0v) is 9.91. The molecular weight excluding hydrogens is 224 g/mol. The number of nitrogens with zero attached hydrogens (tertiary/aromatic N) is 2. The number of rotatable bonds is 2. The first-order valence-corrected chi connectivity index (χ1v) is 6.38. The van der Waals surface area contributed by atoms with Gasteiger partial charge in [0.2, 0.25) is 0 Å². The topological polar surface area (TPSA) is 53.4 Å². The van der Waals surface area contributed by atoms with Gasteiger partial charge in [-0.05, 0) is 19.1 Å². The number of hydrogen-bond donors (Lipinski definition) is 1. The van der Waals surface area contributed by atoms with E-state index in [0.29, 0.717) is 17.4 Å². The van der Waals surface area contributed by atoms with E-state index in [-0.39, 0.29) is 0 Å². The lowest BCUT2D eigenvalue weighted by molar-refractivity contribution is 0.0697. The van der Waals surface area contributed by atoms with Crippen LogP contribution in [0.1, 0.15) is 17.3 Å². The highest BCUT2D eigenvalue weighted by Crippen LogP contribution is 2.24. The maximum Gasteiger partial charge on any atom is 0.339 e. The molecule has 1 aliphatic heterocycles. The van der Waals surface area contributed by atoms with Crippen LogP contribution in [-0.2, 0) is 0 Å². The second-order valence-corrected chi connectivity index (χ2v) is 4.95. The molecule has 0 amide bonds. The number of hydrogen-bond acceptors (Lipinski definition) is 4. The minimum absolute atomic E-state index is 0.293. The molecule has 2 heterocycles. The van der Waals surface area contributed by atoms with Crippen molar-refractivity contribution >= 4 is 23.5 Å². The van der Waals surface area contributed by atoms with Crippen LogP contribution in [0.5, 0.6) is 0 Å². The minimum Gasteiger partial charge on any atom is -0.478 e. The number of aromatic nitrogens is 1. The van der Waals surface area contributed by atoms with Crippen LogP contribution in [0, 0.1) is 0 Å². The van der Waals surface area contributed by atoms with Crippen molar-refractivity contribution in [2.24, 2.45) is 0 Å². The first-order valence-electron chi connectivity index (χ1n) is 5.23. The van der Waals surface area contributed by atoms with Crippen LogP contribution in [-0.4, -0.2) is 40.2 Å². The SMILES string of the molecule is CC1CSCCN1c1ncccc1C(=O)O. The van der Waals surface area contributed by atoms with E-state index in [1.165, 1.54) is 0 Å². The predicted octanol–water partition coefficient (Wildman–Crippen LogP) is 1.72. The van der Waals surface area contributed by atoms with Crippen LogP contribution in [0.15, 0.2) is 18.3 Å². The zero-order chi connectivity index (χ0) is 11.5. The molecule has 1 aliphatic rings. The highest BCUT2D eigenvalue weighted by Gasteiger charge is 2.24. The van der Waals surface area contributed by atoms with Crippen molar-refractivity contribution in [2.45, 2.75) is 13.0 Å². The molecule has 5 heteroatoms. The van der Waals surface area contributed by atoms with Gasteiger partial charge in [-0.3, -0.25) is 0 Å². The van der Waals surface area contributed by atoms with Crippen molar-refractivity contribution in [3.05, 3.63) is 23.9 Å². The van der Waals surface area contributed by atoms with Gasteiger partial charge in [-0.15, -0.1) is 0 Å². The Bertz CT molecular complexity index is 397. The molecule has 1 N–H and O–H groups in total. The van der Waals surface area contributed by atoms with E-state index in [2.05, 4.69) is 16.8 Å². The molecule has 0 spiro atoms. The molecule has 1 aromatic rings. The van der Waals surface area contributed by atoms with Gasteiger partial charge in [0.05, 0.1) is 0 Å². The second-order valence-electron chi connectivity index (χ2n) is 3.80. The van der Waals surface area contributed by atoms with Gasteiger partial charge in [0.15, 0.2) is 0 Å². The summed E-state index contributed by atoms with van der Waals surface area (Å²) in [6.07, 6.45) is 1.65. The minimum atomic E-state index is -0.909. The van der Waals surface area contributed by atoms with Crippen molar-refractivity contribution in [3.8, 4) is 0 Å². The molecule has 2 rings (SSSR count). The van der Waals surface area contributed by atoms with Gasteiger partial charge in [-0.1, -0.05) is 0 Å². The number of carboxylic acids is 1. The molecule has 1 atom stereocenters. The van der Waals surface area contributed by atoms with Crippen LogP contribution in [0.4, 0.5) is 5.82 Å². The van der Waals surface area contributed by atoms with E-state index in [9.17, 15) is 4.79 Å². The van der Waals surface area contributed by atoms with Crippen LogP contribution >= 0.6 is 11.8 Å². The average molecular weight is 238 g/mol. The Morgan fingerprint density at radius 3 is 3.19 bits per heavy atom. The number of carbonyl (C=O) groups is 1. The average Bonchev–Trinajstić information content (AvgIpc) is 2.29. The molecule has 0 aromatic carbocycles. The summed E-state index contributed by atoms with van der Waals surface area (Å²) in [6.45, 7) is 2.97. The van der Waals surface area contributed by atoms with E-state index in [4.69, 9.17) is 5.11 Å². The Hall–Kier alpha value is -1.23. The smallest absolute Gasteiger partial charge is 0.339 e. The predicted molar refractivity (Wildman–Crippen MR) is 65.3 cm³/mol. The number of thioether (sulfide) groups is 1. The molecule has 86 valence electrons. The Labute approximate surface area is 98.7 Å². The molecule has 4 nitrogen and oxygen atoms in total. The second kappa shape index (κ2) is 4.74. The molecule has 16 heavy (non-hydrogen) atoms. The van der Waals surface area contributed by atoms with E-state index in [1.54, 1.807) is 18.3 Å². The maximum absolute atomic E-state index is 11.1. The van der Waals surface area contributed by atoms with Gasteiger partial charge in [0.25, 0.3) is 0 Å². The molecule has 0 aliphatic carbocycles. The lowest BCUT2D eigenvalue weighted by Crippen LogP contribution is -2.41. The first kappa shape index (κ1) is 11.3. The Morgan fingerprint density at radius 2 is 2.50 bits per heavy atom. The number of pyridine rings is 1. The molecular formula is C11H14N2O2S. The van der Waals surface area contributed by atoms with E-state index in [1.807, 2.05) is 11.8 Å². The molecule has 0 saturated carbocycles. The van der Waals surface area contributed by atoms with Gasteiger partial charge >= 0.3 is 5.97 Å². The van der Waals surface area contributed by atoms with E-state index >= 15 is 0 Å². The highest BCUT2D eigenvalue weighted by atomic mass is 32.2. The van der Waals surface area contributed by atoms with Gasteiger partial charge < -0.3 is 10.0 Å². The van der Waals surface area contributed by atoms with Crippen LogP contribution in [0.25, 0.3) is 0 Å². The fourth-order valence-corrected chi connectivity index (χ4v) is 2.85. The third kappa shape index (κ3) is 2.14. The lowest BCUT2D eigenvalue weighted by atomic mass is 10.2. The zero-order valence-electron chi connectivity index (χ0n) is 9.09. The summed E-state index contributed by atoms with van der Waals surface area (Å²) in [7, 11) is 0. The molecule has 0 radical (unpaired) electrons. The van der Waals surface area contributed by atoms with Crippen molar-refractivity contribution in [2.75, 3.05) is 23.0 Å². The first-order chi connectivity index (χ1) is 7.70. The number of carboxylic acid groups (broad SMARTS) is 1. The van der Waals surface area contributed by atoms with Crippen molar-refractivity contribution in [1.82, 2.24) is 4.98 Å². The third-order valence-corrected chi connectivity index (χ3v) is 3.85. The van der Waals surface area contributed by atoms with Gasteiger partial charge in [-0.25, -0.2) is 9.78 Å². The summed E-state index contributed by atoms with van der Waals surface area (Å²) in [5, 5.41) is 9.11. The maximum atomic E-state index is 11.1. The number of aromatic carboxylic acids is 1. The summed E-state index contributed by atoms with van der Waals surface area (Å²) in [6, 6.07) is 3.61. The summed E-state index contributed by atoms with van der Waals surface area (Å²) >= 11 is 1.90. The summed E-state index contributed by atoms with van der Waals surface area (Å²) in [4.78, 5) is 17.4. The van der Waals surface area contributed by atoms with Crippen molar-refractivity contribution in [3.63, 3.8) is 0 Å². The third-order valence-electron chi connectivity index (χ3n) is 2.66. The molecule has 1 saturated heterocycles. The fourth-order valence-electron chi connectivity index (χ4n) is 1.83. The summed E-state index contributed by atoms with van der Waals surface area (Å²) in [5.41, 5.74) is 0.293. The van der Waals surface area contributed by atoms with E-state index in [0.717, 1.165) is 18.1 Å². The Balaban J connectivity index is 2.34. The van der Waals surface area contributed by atoms with Crippen molar-refractivity contribution in [1.29, 1.82) is 0 Å². The summed E-state index contributed by atoms with van der Waals surface area (Å²) < 4.78 is 0. The monoisotopic (exact) mass is 238 g/mol. The van der Waals surface area contributed by atoms with Crippen molar-refractivity contribution < 1.29 is 9.90 Å². The fraction of sp³-hybridized carbons (Fsp3) is 0.455. The van der Waals surface area contributed by atoms with Gasteiger partial charge in [0, 0.05) is 30.3 Å². The normalized spacial score (nSPS) is 20.8. The summed E-state index contributed by atoms with van der Waals surface area (Å²) in [5.74, 6) is 1.74. The largest absolute Gasteiger partial charge is 0.478 e. The molecule has 1 aromatic heterocycles. The van der Waals surface area contributed by atoms with Crippen LogP contribution < -0.4 is 4.90 Å². The van der Waals surface area contributed by atoms with Crippen LogP contribution in [0.3, 0.4) is 0 Å². The Morgan fingerprint density at radius 1 is 1.69 bits per heavy atom.